The van der Waals surface area contributed by atoms with Crippen LogP contribution in [0.4, 0.5) is 0 Å². The van der Waals surface area contributed by atoms with Crippen LogP contribution >= 0.6 is 8.53 Å². The average Bonchev–Trinajstić information content (AvgIpc) is 3.72. The van der Waals surface area contributed by atoms with Crippen LogP contribution < -0.4 is 20.7 Å². The fourth-order valence-electron chi connectivity index (χ4n) is 9.43. The molecule has 0 radical (unpaired) electrons. The maximum atomic E-state index is 13.7. The number of nitrogens with zero attached hydrogens (tertiary/aromatic N) is 3. The number of rotatable bonds is 36. The first-order valence-corrected chi connectivity index (χ1v) is 27.6. The monoisotopic (exact) mass is 1010 g/mol. The summed E-state index contributed by atoms with van der Waals surface area (Å²) in [6.45, 7) is 11.7. The Balaban J connectivity index is 1.42. The smallest absolute Gasteiger partial charge is 0.330 e. The topological polar surface area (TPSA) is 156 Å². The summed E-state index contributed by atoms with van der Waals surface area (Å²) < 4.78 is 55.5. The molecule has 1 fully saturated rings. The van der Waals surface area contributed by atoms with Gasteiger partial charge in [0.2, 0.25) is 0 Å². The minimum absolute atomic E-state index is 0.0166. The second kappa shape index (κ2) is 32.0. The van der Waals surface area contributed by atoms with Crippen LogP contribution in [0.3, 0.4) is 0 Å². The van der Waals surface area contributed by atoms with Crippen molar-refractivity contribution in [1.29, 1.82) is 5.26 Å². The van der Waals surface area contributed by atoms with E-state index in [0.29, 0.717) is 24.7 Å². The van der Waals surface area contributed by atoms with E-state index in [0.717, 1.165) is 29.5 Å². The van der Waals surface area contributed by atoms with E-state index in [4.69, 9.17) is 37.5 Å². The highest BCUT2D eigenvalue weighted by Gasteiger charge is 2.51. The van der Waals surface area contributed by atoms with E-state index in [9.17, 15) is 14.9 Å². The molecule has 1 saturated heterocycles. The Labute approximate surface area is 430 Å². The number of ether oxygens (including phenoxy) is 6. The molecule has 5 atom stereocenters. The number of hydrogen-bond donors (Lipinski definition) is 1. The van der Waals surface area contributed by atoms with Crippen LogP contribution in [0.2, 0.25) is 0 Å². The number of unbranched alkanes of at least 4 members (excludes halogenated alkanes) is 13. The van der Waals surface area contributed by atoms with Crippen LogP contribution in [0.15, 0.2) is 101 Å². The van der Waals surface area contributed by atoms with Crippen molar-refractivity contribution in [3.63, 3.8) is 0 Å². The van der Waals surface area contributed by atoms with Crippen molar-refractivity contribution in [2.75, 3.05) is 47.3 Å². The first kappa shape index (κ1) is 58.5. The molecule has 1 aliphatic rings. The maximum Gasteiger partial charge on any atom is 0.330 e. The molecular weight excluding hydrogens is 932 g/mol. The Morgan fingerprint density at radius 2 is 1.24 bits per heavy atom. The van der Waals surface area contributed by atoms with Crippen LogP contribution in [0.5, 0.6) is 11.5 Å². The molecule has 0 saturated carbocycles. The summed E-state index contributed by atoms with van der Waals surface area (Å²) >= 11 is 0. The Bertz CT molecular complexity index is 2200. The van der Waals surface area contributed by atoms with Gasteiger partial charge < -0.3 is 37.5 Å². The molecule has 1 aliphatic heterocycles. The molecule has 3 aromatic carbocycles. The molecule has 0 bridgehead atoms. The predicted octanol–water partition coefficient (Wildman–Crippen LogP) is 12.0. The van der Waals surface area contributed by atoms with Gasteiger partial charge in [0.15, 0.2) is 6.23 Å². The van der Waals surface area contributed by atoms with Gasteiger partial charge in [-0.1, -0.05) is 145 Å². The summed E-state index contributed by atoms with van der Waals surface area (Å²) in [5.41, 5.74) is 0.0848. The van der Waals surface area contributed by atoms with Gasteiger partial charge in [-0.05, 0) is 75.1 Å². The van der Waals surface area contributed by atoms with Crippen molar-refractivity contribution < 1.29 is 37.5 Å². The molecule has 1 aromatic heterocycles. The fourth-order valence-corrected chi connectivity index (χ4v) is 11.2. The third-order valence-corrected chi connectivity index (χ3v) is 15.2. The molecule has 15 heteroatoms. The lowest BCUT2D eigenvalue weighted by molar-refractivity contribution is -0.108. The SMILES string of the molecule is CCCCCCCCCCCCCCCCOCCOC1C(COC(c2ccccc2)(c2ccc(OC)cc2)c2ccc(OC)cc2)OC(n2ccc(=O)[nH]c2=O)C1OP(OCCC#N)N(C(C)C)C(C)C. The summed E-state index contributed by atoms with van der Waals surface area (Å²) in [6.07, 6.45) is 15.8. The highest BCUT2D eigenvalue weighted by Crippen LogP contribution is 2.51. The Morgan fingerprint density at radius 1 is 0.694 bits per heavy atom. The summed E-state index contributed by atoms with van der Waals surface area (Å²) in [5.74, 6) is 1.38. The second-order valence-corrected chi connectivity index (χ2v) is 20.5. The van der Waals surface area contributed by atoms with Gasteiger partial charge in [-0.15, -0.1) is 0 Å². The zero-order chi connectivity index (χ0) is 51.6. The van der Waals surface area contributed by atoms with E-state index in [1.807, 2.05) is 78.9 Å². The minimum Gasteiger partial charge on any atom is -0.497 e. The van der Waals surface area contributed by atoms with Crippen LogP contribution in [0, 0.1) is 11.3 Å². The average molecular weight is 1020 g/mol. The number of aromatic nitrogens is 2. The highest BCUT2D eigenvalue weighted by atomic mass is 31.2. The van der Waals surface area contributed by atoms with Crippen LogP contribution in [0.25, 0.3) is 0 Å². The van der Waals surface area contributed by atoms with Crippen molar-refractivity contribution in [2.24, 2.45) is 0 Å². The lowest BCUT2D eigenvalue weighted by atomic mass is 9.80. The second-order valence-electron chi connectivity index (χ2n) is 19.1. The molecule has 1 N–H and O–H groups in total. The highest BCUT2D eigenvalue weighted by molar-refractivity contribution is 7.44. The number of nitriles is 1. The quantitative estimate of drug-likeness (QED) is 0.0262. The summed E-state index contributed by atoms with van der Waals surface area (Å²) in [4.78, 5) is 28.6. The van der Waals surface area contributed by atoms with Gasteiger partial charge in [0.25, 0.3) is 14.1 Å². The lowest BCUT2D eigenvalue weighted by Crippen LogP contribution is -2.43. The zero-order valence-corrected chi connectivity index (χ0v) is 45.0. The van der Waals surface area contributed by atoms with Crippen LogP contribution in [-0.4, -0.2) is 91.9 Å². The van der Waals surface area contributed by atoms with E-state index in [-0.39, 0.29) is 38.3 Å². The molecule has 0 amide bonds. The molecule has 14 nitrogen and oxygen atoms in total. The molecule has 4 aromatic rings. The van der Waals surface area contributed by atoms with E-state index >= 15 is 0 Å². The van der Waals surface area contributed by atoms with Gasteiger partial charge in [-0.3, -0.25) is 14.3 Å². The Morgan fingerprint density at radius 3 is 1.75 bits per heavy atom. The summed E-state index contributed by atoms with van der Waals surface area (Å²) in [5, 5.41) is 9.52. The van der Waals surface area contributed by atoms with Gasteiger partial charge in [-0.2, -0.15) is 5.26 Å². The minimum atomic E-state index is -1.86. The number of nitrogens with one attached hydrogen (secondary N) is 1. The van der Waals surface area contributed by atoms with E-state index in [1.165, 1.54) is 93.9 Å². The largest absolute Gasteiger partial charge is 0.497 e. The Kier molecular flexibility index (Phi) is 26.0. The van der Waals surface area contributed by atoms with Crippen LogP contribution in [-0.2, 0) is 33.6 Å². The number of hydrogen-bond acceptors (Lipinski definition) is 12. The third-order valence-electron chi connectivity index (χ3n) is 13.1. The fraction of sp³-hybridized carbons (Fsp3) is 0.596. The number of methoxy groups -OCH3 is 2. The van der Waals surface area contributed by atoms with Crippen molar-refractivity contribution in [3.05, 3.63) is 129 Å². The molecule has 0 aliphatic carbocycles. The lowest BCUT2D eigenvalue weighted by Gasteiger charge is -2.38. The van der Waals surface area contributed by atoms with Gasteiger partial charge in [-0.25, -0.2) is 9.46 Å². The molecule has 5 unspecified atom stereocenters. The number of aromatic amines is 1. The molecule has 0 spiro atoms. The number of H-pyrrole nitrogens is 1. The van der Waals surface area contributed by atoms with E-state index < -0.39 is 49.9 Å². The normalized spacial score (nSPS) is 17.5. The van der Waals surface area contributed by atoms with Crippen molar-refractivity contribution in [2.45, 2.75) is 173 Å². The van der Waals surface area contributed by atoms with E-state index in [2.05, 4.69) is 50.3 Å². The van der Waals surface area contributed by atoms with Crippen molar-refractivity contribution in [3.8, 4) is 17.6 Å². The van der Waals surface area contributed by atoms with Gasteiger partial charge in [0.1, 0.15) is 35.4 Å². The predicted molar refractivity (Wildman–Crippen MR) is 284 cm³/mol. The summed E-state index contributed by atoms with van der Waals surface area (Å²) in [6, 6.07) is 29.0. The molecule has 396 valence electrons. The van der Waals surface area contributed by atoms with Gasteiger partial charge in [0.05, 0.1) is 53.1 Å². The summed E-state index contributed by atoms with van der Waals surface area (Å²) in [7, 11) is 1.41. The van der Waals surface area contributed by atoms with Crippen molar-refractivity contribution >= 4 is 8.53 Å². The zero-order valence-electron chi connectivity index (χ0n) is 44.1. The third kappa shape index (κ3) is 17.3. The van der Waals surface area contributed by atoms with E-state index in [1.54, 1.807) is 14.2 Å². The number of benzene rings is 3. The first-order valence-electron chi connectivity index (χ1n) is 26.5. The van der Waals surface area contributed by atoms with Gasteiger partial charge >= 0.3 is 5.69 Å². The molecule has 2 heterocycles. The van der Waals surface area contributed by atoms with Crippen LogP contribution in [0.1, 0.15) is 154 Å². The first-order chi connectivity index (χ1) is 35.1. The van der Waals surface area contributed by atoms with Crippen molar-refractivity contribution in [1.82, 2.24) is 14.2 Å². The molecular formula is C57H83N4O10P. The maximum absolute atomic E-state index is 13.7. The van der Waals surface area contributed by atoms with Gasteiger partial charge in [0, 0.05) is 31.0 Å². The Hall–Kier alpha value is -4.42. The molecule has 72 heavy (non-hydrogen) atoms. The standard InChI is InChI=1S/C57H83N4O10P/c1-8-9-10-11-12-13-14-15-16-17-18-19-20-24-39-66-41-42-67-53-51(70-55(60-38-36-52(62)59-56(60)63)54(53)71-72(69-40-25-37-58)61(44(2)3)45(4)5)43-68-57(46-26-22-21-23-27-46,47-28-32-49(64-6)33-29-47)48-30-34-50(65-7)35-31-48/h21-23,26-36,38,44-45,51,53-55H,8-20,24-25,39-43H2,1-7H3,(H,59,62,63). The molecule has 5 rings (SSSR count).